The van der Waals surface area contributed by atoms with Crippen molar-refractivity contribution in [2.75, 3.05) is 13.1 Å². The molecule has 1 aromatic rings. The molecule has 2 N–H and O–H groups in total. The van der Waals surface area contributed by atoms with Crippen LogP contribution in [0, 0.1) is 0 Å². The molecule has 0 aliphatic heterocycles. The van der Waals surface area contributed by atoms with Gasteiger partial charge in [-0.05, 0) is 17.9 Å². The molecule has 5 heteroatoms. The van der Waals surface area contributed by atoms with Crippen molar-refractivity contribution in [2.24, 2.45) is 0 Å². The van der Waals surface area contributed by atoms with Gasteiger partial charge in [-0.1, -0.05) is 25.8 Å². The zero-order valence-corrected chi connectivity index (χ0v) is 11.5. The molecule has 100 valence electrons. The van der Waals surface area contributed by atoms with Gasteiger partial charge in [-0.15, -0.1) is 11.3 Å². The Labute approximate surface area is 112 Å². The minimum atomic E-state index is -0.108. The highest BCUT2D eigenvalue weighted by atomic mass is 32.1. The zero-order chi connectivity index (χ0) is 13.2. The van der Waals surface area contributed by atoms with Crippen molar-refractivity contribution in [1.29, 1.82) is 0 Å². The van der Waals surface area contributed by atoms with Crippen LogP contribution < -0.4 is 10.6 Å². The molecule has 2 amide bonds. The number of hydrogen-bond donors (Lipinski definition) is 2. The molecule has 0 atom stereocenters. The number of thiophene rings is 1. The average molecular weight is 268 g/mol. The summed E-state index contributed by atoms with van der Waals surface area (Å²) in [6.07, 6.45) is 3.63. The van der Waals surface area contributed by atoms with Crippen LogP contribution >= 0.6 is 11.3 Å². The number of hydrogen-bond acceptors (Lipinski definition) is 3. The molecule has 18 heavy (non-hydrogen) atoms. The van der Waals surface area contributed by atoms with Crippen LogP contribution in [-0.4, -0.2) is 24.9 Å². The lowest BCUT2D eigenvalue weighted by Gasteiger charge is -2.05. The maximum Gasteiger partial charge on any atom is 0.261 e. The third kappa shape index (κ3) is 5.82. The molecular formula is C13H20N2O2S. The predicted molar refractivity (Wildman–Crippen MR) is 73.8 cm³/mol. The Balaban J connectivity index is 2.07. The van der Waals surface area contributed by atoms with E-state index in [1.165, 1.54) is 11.3 Å². The first kappa shape index (κ1) is 14.7. The van der Waals surface area contributed by atoms with Crippen molar-refractivity contribution in [3.05, 3.63) is 22.4 Å². The van der Waals surface area contributed by atoms with Crippen LogP contribution in [0.1, 0.15) is 42.3 Å². The van der Waals surface area contributed by atoms with Crippen molar-refractivity contribution in [1.82, 2.24) is 10.6 Å². The lowest BCUT2D eigenvalue weighted by molar-refractivity contribution is -0.120. The second-order valence-electron chi connectivity index (χ2n) is 4.04. The third-order valence-corrected chi connectivity index (χ3v) is 3.35. The number of carbonyl (C=O) groups excluding carboxylic acids is 2. The van der Waals surface area contributed by atoms with Crippen LogP contribution in [0.2, 0.25) is 0 Å². The summed E-state index contributed by atoms with van der Waals surface area (Å²) in [6, 6.07) is 3.60. The van der Waals surface area contributed by atoms with Gasteiger partial charge in [0, 0.05) is 19.5 Å². The van der Waals surface area contributed by atoms with Crippen molar-refractivity contribution >= 4 is 23.2 Å². The molecule has 1 aromatic heterocycles. The lowest BCUT2D eigenvalue weighted by atomic mass is 10.2. The lowest BCUT2D eigenvalue weighted by Crippen LogP contribution is -2.30. The van der Waals surface area contributed by atoms with Crippen LogP contribution in [0.3, 0.4) is 0 Å². The van der Waals surface area contributed by atoms with Gasteiger partial charge in [-0.2, -0.15) is 0 Å². The maximum absolute atomic E-state index is 11.6. The molecular weight excluding hydrogens is 248 g/mol. The van der Waals surface area contributed by atoms with E-state index in [-0.39, 0.29) is 11.8 Å². The summed E-state index contributed by atoms with van der Waals surface area (Å²) in [7, 11) is 0. The standard InChI is InChI=1S/C13H20N2O2S/c1-2-3-4-8-14-12(16)7-9-15-13(17)11-6-5-10-18-11/h5-6,10H,2-4,7-9H2,1H3,(H,14,16)(H,15,17). The summed E-state index contributed by atoms with van der Waals surface area (Å²) in [5.74, 6) is -0.110. The third-order valence-electron chi connectivity index (χ3n) is 2.49. The molecule has 0 aromatic carbocycles. The van der Waals surface area contributed by atoms with Gasteiger partial charge in [0.1, 0.15) is 0 Å². The number of carbonyl (C=O) groups is 2. The highest BCUT2D eigenvalue weighted by Gasteiger charge is 2.06. The molecule has 0 aliphatic rings. The highest BCUT2D eigenvalue weighted by molar-refractivity contribution is 7.12. The van der Waals surface area contributed by atoms with Gasteiger partial charge in [-0.25, -0.2) is 0 Å². The first-order valence-electron chi connectivity index (χ1n) is 6.32. The zero-order valence-electron chi connectivity index (χ0n) is 10.7. The van der Waals surface area contributed by atoms with E-state index in [1.807, 2.05) is 11.4 Å². The van der Waals surface area contributed by atoms with E-state index < -0.39 is 0 Å². The predicted octanol–water partition coefficient (Wildman–Crippen LogP) is 2.17. The first-order valence-corrected chi connectivity index (χ1v) is 7.20. The van der Waals surface area contributed by atoms with Crippen molar-refractivity contribution in [2.45, 2.75) is 32.6 Å². The Morgan fingerprint density at radius 3 is 2.72 bits per heavy atom. The van der Waals surface area contributed by atoms with E-state index in [9.17, 15) is 9.59 Å². The van der Waals surface area contributed by atoms with Crippen LogP contribution in [-0.2, 0) is 4.79 Å². The van der Waals surface area contributed by atoms with Gasteiger partial charge in [0.2, 0.25) is 5.91 Å². The monoisotopic (exact) mass is 268 g/mol. The smallest absolute Gasteiger partial charge is 0.261 e. The normalized spacial score (nSPS) is 10.1. The van der Waals surface area contributed by atoms with Crippen LogP contribution in [0.4, 0.5) is 0 Å². The van der Waals surface area contributed by atoms with Crippen molar-refractivity contribution < 1.29 is 9.59 Å². The van der Waals surface area contributed by atoms with Gasteiger partial charge in [0.25, 0.3) is 5.91 Å². The molecule has 0 radical (unpaired) electrons. The molecule has 0 unspecified atom stereocenters. The van der Waals surface area contributed by atoms with E-state index in [1.54, 1.807) is 6.07 Å². The van der Waals surface area contributed by atoms with Crippen LogP contribution in [0.25, 0.3) is 0 Å². The fraction of sp³-hybridized carbons (Fsp3) is 0.538. The van der Waals surface area contributed by atoms with E-state index in [0.717, 1.165) is 25.8 Å². The number of rotatable bonds is 8. The summed E-state index contributed by atoms with van der Waals surface area (Å²) >= 11 is 1.40. The van der Waals surface area contributed by atoms with E-state index >= 15 is 0 Å². The van der Waals surface area contributed by atoms with Crippen LogP contribution in [0.5, 0.6) is 0 Å². The Morgan fingerprint density at radius 1 is 1.22 bits per heavy atom. The molecule has 0 bridgehead atoms. The Kier molecular flexibility index (Phi) is 7.10. The number of amides is 2. The summed E-state index contributed by atoms with van der Waals surface area (Å²) in [6.45, 7) is 3.24. The summed E-state index contributed by atoms with van der Waals surface area (Å²) in [5, 5.41) is 7.42. The summed E-state index contributed by atoms with van der Waals surface area (Å²) in [4.78, 5) is 23.6. The second kappa shape index (κ2) is 8.69. The Morgan fingerprint density at radius 2 is 2.06 bits per heavy atom. The topological polar surface area (TPSA) is 58.2 Å². The van der Waals surface area contributed by atoms with Gasteiger partial charge in [0.05, 0.1) is 4.88 Å². The number of nitrogens with one attached hydrogen (secondary N) is 2. The quantitative estimate of drug-likeness (QED) is 0.710. The molecule has 1 rings (SSSR count). The summed E-state index contributed by atoms with van der Waals surface area (Å²) in [5.41, 5.74) is 0. The van der Waals surface area contributed by atoms with Gasteiger partial charge in [0.15, 0.2) is 0 Å². The minimum absolute atomic E-state index is 0.00224. The fourth-order valence-electron chi connectivity index (χ4n) is 1.48. The maximum atomic E-state index is 11.6. The van der Waals surface area contributed by atoms with Gasteiger partial charge < -0.3 is 10.6 Å². The molecule has 1 heterocycles. The fourth-order valence-corrected chi connectivity index (χ4v) is 2.12. The molecule has 4 nitrogen and oxygen atoms in total. The SMILES string of the molecule is CCCCCNC(=O)CCNC(=O)c1cccs1. The van der Waals surface area contributed by atoms with Crippen LogP contribution in [0.15, 0.2) is 17.5 Å². The number of unbranched alkanes of at least 4 members (excludes halogenated alkanes) is 2. The second-order valence-corrected chi connectivity index (χ2v) is 4.99. The molecule has 0 fully saturated rings. The van der Waals surface area contributed by atoms with Gasteiger partial charge >= 0.3 is 0 Å². The first-order chi connectivity index (χ1) is 8.74. The summed E-state index contributed by atoms with van der Waals surface area (Å²) < 4.78 is 0. The van der Waals surface area contributed by atoms with E-state index in [0.29, 0.717) is 17.8 Å². The molecule has 0 aliphatic carbocycles. The Hall–Kier alpha value is -1.36. The molecule has 0 spiro atoms. The molecule has 0 saturated heterocycles. The van der Waals surface area contributed by atoms with E-state index in [2.05, 4.69) is 17.6 Å². The molecule has 0 saturated carbocycles. The van der Waals surface area contributed by atoms with Crippen molar-refractivity contribution in [3.63, 3.8) is 0 Å². The van der Waals surface area contributed by atoms with Gasteiger partial charge in [-0.3, -0.25) is 9.59 Å². The van der Waals surface area contributed by atoms with E-state index in [4.69, 9.17) is 0 Å². The average Bonchev–Trinajstić information content (AvgIpc) is 2.88. The minimum Gasteiger partial charge on any atom is -0.356 e. The Bertz CT molecular complexity index is 363. The highest BCUT2D eigenvalue weighted by Crippen LogP contribution is 2.07. The van der Waals surface area contributed by atoms with Crippen molar-refractivity contribution in [3.8, 4) is 0 Å². The largest absolute Gasteiger partial charge is 0.356 e.